The van der Waals surface area contributed by atoms with Gasteiger partial charge in [-0.25, -0.2) is 4.39 Å². The minimum atomic E-state index is -0.421. The predicted octanol–water partition coefficient (Wildman–Crippen LogP) is 2.53. The number of fused-ring (bicyclic) bond motifs is 1. The highest BCUT2D eigenvalue weighted by Gasteiger charge is 2.51. The first kappa shape index (κ1) is 10.6. The van der Waals surface area contributed by atoms with E-state index in [1.165, 1.54) is 12.1 Å². The molecule has 0 unspecified atom stereocenters. The molecule has 1 aromatic carbocycles. The van der Waals surface area contributed by atoms with E-state index in [1.807, 2.05) is 11.8 Å². The Morgan fingerprint density at radius 2 is 2.24 bits per heavy atom. The average Bonchev–Trinajstić information content (AvgIpc) is 2.25. The van der Waals surface area contributed by atoms with Gasteiger partial charge in [0.05, 0.1) is 11.4 Å². The van der Waals surface area contributed by atoms with E-state index in [-0.39, 0.29) is 11.7 Å². The molecule has 3 nitrogen and oxygen atoms in total. The normalized spacial score (nSPS) is 20.8. The van der Waals surface area contributed by atoms with Gasteiger partial charge < -0.3 is 10.2 Å². The van der Waals surface area contributed by atoms with Crippen molar-refractivity contribution in [2.45, 2.75) is 31.7 Å². The highest BCUT2D eigenvalue weighted by molar-refractivity contribution is 6.07. The van der Waals surface area contributed by atoms with E-state index in [1.54, 1.807) is 6.07 Å². The Hall–Kier alpha value is -1.58. The number of rotatable bonds is 1. The molecule has 1 aliphatic heterocycles. The molecule has 3 rings (SSSR count). The molecule has 2 aliphatic rings. The van der Waals surface area contributed by atoms with Crippen molar-refractivity contribution in [3.63, 3.8) is 0 Å². The molecule has 1 saturated carbocycles. The van der Waals surface area contributed by atoms with Crippen LogP contribution in [0.4, 0.5) is 15.8 Å². The zero-order valence-electron chi connectivity index (χ0n) is 9.79. The summed E-state index contributed by atoms with van der Waals surface area (Å²) in [5.74, 6) is -0.197. The standard InChI is InChI=1S/C13H15FN2O/c1-2-16-11-8-9(14)4-5-10(11)15-12(17)13(16)6-3-7-13/h4-5,8H,2-3,6-7H2,1H3,(H,15,17). The lowest BCUT2D eigenvalue weighted by atomic mass is 9.73. The number of hydrogen-bond acceptors (Lipinski definition) is 2. The van der Waals surface area contributed by atoms with Crippen LogP contribution in [-0.2, 0) is 4.79 Å². The van der Waals surface area contributed by atoms with Gasteiger partial charge in [0.15, 0.2) is 0 Å². The highest BCUT2D eigenvalue weighted by Crippen LogP contribution is 2.46. The molecule has 0 bridgehead atoms. The van der Waals surface area contributed by atoms with Gasteiger partial charge in [0, 0.05) is 6.54 Å². The van der Waals surface area contributed by atoms with Gasteiger partial charge in [-0.1, -0.05) is 0 Å². The summed E-state index contributed by atoms with van der Waals surface area (Å²) >= 11 is 0. The molecule has 1 aromatic rings. The molecule has 0 aromatic heterocycles. The fourth-order valence-corrected chi connectivity index (χ4v) is 2.91. The number of carbonyl (C=O) groups is 1. The van der Waals surface area contributed by atoms with Gasteiger partial charge in [0.25, 0.3) is 0 Å². The van der Waals surface area contributed by atoms with E-state index in [0.29, 0.717) is 0 Å². The molecular weight excluding hydrogens is 219 g/mol. The van der Waals surface area contributed by atoms with E-state index < -0.39 is 5.54 Å². The van der Waals surface area contributed by atoms with Crippen molar-refractivity contribution in [1.29, 1.82) is 0 Å². The molecule has 1 spiro atoms. The van der Waals surface area contributed by atoms with Crippen LogP contribution in [0.15, 0.2) is 18.2 Å². The Balaban J connectivity index is 2.13. The number of halogens is 1. The number of carbonyl (C=O) groups excluding carboxylic acids is 1. The van der Waals surface area contributed by atoms with Crippen LogP contribution in [0.5, 0.6) is 0 Å². The van der Waals surface area contributed by atoms with Gasteiger partial charge in [-0.05, 0) is 44.4 Å². The molecule has 0 atom stereocenters. The van der Waals surface area contributed by atoms with Gasteiger partial charge in [0.1, 0.15) is 11.4 Å². The highest BCUT2D eigenvalue weighted by atomic mass is 19.1. The van der Waals surface area contributed by atoms with Gasteiger partial charge in [-0.15, -0.1) is 0 Å². The quantitative estimate of drug-likeness (QED) is 0.809. The van der Waals surface area contributed by atoms with Crippen LogP contribution in [0.2, 0.25) is 0 Å². The Morgan fingerprint density at radius 1 is 1.47 bits per heavy atom. The van der Waals surface area contributed by atoms with Gasteiger partial charge in [-0.2, -0.15) is 0 Å². The summed E-state index contributed by atoms with van der Waals surface area (Å²) in [6.07, 6.45) is 2.79. The number of hydrogen-bond donors (Lipinski definition) is 1. The topological polar surface area (TPSA) is 32.3 Å². The molecule has 0 saturated heterocycles. The number of nitrogens with zero attached hydrogens (tertiary/aromatic N) is 1. The second kappa shape index (κ2) is 3.45. The summed E-state index contributed by atoms with van der Waals surface area (Å²) in [6, 6.07) is 4.53. The second-order valence-corrected chi connectivity index (χ2v) is 4.74. The largest absolute Gasteiger partial charge is 0.356 e. The SMILES string of the molecule is CCN1c2cc(F)ccc2NC(=O)C12CCC2. The molecule has 17 heavy (non-hydrogen) atoms. The Labute approximate surface area is 99.6 Å². The van der Waals surface area contributed by atoms with Crippen molar-refractivity contribution in [2.24, 2.45) is 0 Å². The third-order valence-corrected chi connectivity index (χ3v) is 3.94. The maximum Gasteiger partial charge on any atom is 0.250 e. The molecule has 90 valence electrons. The van der Waals surface area contributed by atoms with Crippen LogP contribution in [0, 0.1) is 5.82 Å². The Bertz CT molecular complexity index is 482. The average molecular weight is 234 g/mol. The monoisotopic (exact) mass is 234 g/mol. The van der Waals surface area contributed by atoms with Crippen molar-refractivity contribution in [2.75, 3.05) is 16.8 Å². The summed E-state index contributed by atoms with van der Waals surface area (Å²) in [5, 5.41) is 2.90. The van der Waals surface area contributed by atoms with Crippen LogP contribution in [0.1, 0.15) is 26.2 Å². The maximum atomic E-state index is 13.3. The van der Waals surface area contributed by atoms with Gasteiger partial charge in [0.2, 0.25) is 5.91 Å². The Kier molecular flexibility index (Phi) is 2.15. The smallest absolute Gasteiger partial charge is 0.250 e. The lowest BCUT2D eigenvalue weighted by Crippen LogP contribution is -2.63. The molecule has 1 N–H and O–H groups in total. The van der Waals surface area contributed by atoms with Crippen molar-refractivity contribution >= 4 is 17.3 Å². The second-order valence-electron chi connectivity index (χ2n) is 4.74. The van der Waals surface area contributed by atoms with Crippen molar-refractivity contribution in [1.82, 2.24) is 0 Å². The van der Waals surface area contributed by atoms with Crippen LogP contribution in [-0.4, -0.2) is 18.0 Å². The molecule has 1 aliphatic carbocycles. The third-order valence-electron chi connectivity index (χ3n) is 3.94. The van der Waals surface area contributed by atoms with Crippen molar-refractivity contribution < 1.29 is 9.18 Å². The van der Waals surface area contributed by atoms with Crippen LogP contribution in [0.3, 0.4) is 0 Å². The predicted molar refractivity (Wildman–Crippen MR) is 64.6 cm³/mol. The van der Waals surface area contributed by atoms with Crippen molar-refractivity contribution in [3.8, 4) is 0 Å². The summed E-state index contributed by atoms with van der Waals surface area (Å²) in [6.45, 7) is 2.73. The van der Waals surface area contributed by atoms with E-state index in [4.69, 9.17) is 0 Å². The summed E-state index contributed by atoms with van der Waals surface area (Å²) < 4.78 is 13.3. The first-order chi connectivity index (χ1) is 8.17. The molecule has 4 heteroatoms. The lowest BCUT2D eigenvalue weighted by Gasteiger charge is -2.52. The number of nitrogens with one attached hydrogen (secondary N) is 1. The summed E-state index contributed by atoms with van der Waals surface area (Å²) in [7, 11) is 0. The van der Waals surface area contributed by atoms with E-state index in [2.05, 4.69) is 5.32 Å². The molecule has 1 fully saturated rings. The third kappa shape index (κ3) is 1.30. The summed E-state index contributed by atoms with van der Waals surface area (Å²) in [4.78, 5) is 14.2. The minimum absolute atomic E-state index is 0.0599. The minimum Gasteiger partial charge on any atom is -0.356 e. The number of likely N-dealkylation sites (N-methyl/N-ethyl adjacent to an activating group) is 1. The van der Waals surface area contributed by atoms with Crippen LogP contribution >= 0.6 is 0 Å². The zero-order valence-corrected chi connectivity index (χ0v) is 9.79. The van der Waals surface area contributed by atoms with Crippen LogP contribution < -0.4 is 10.2 Å². The van der Waals surface area contributed by atoms with Crippen molar-refractivity contribution in [3.05, 3.63) is 24.0 Å². The fourth-order valence-electron chi connectivity index (χ4n) is 2.91. The van der Waals surface area contributed by atoms with Gasteiger partial charge in [-0.3, -0.25) is 4.79 Å². The lowest BCUT2D eigenvalue weighted by molar-refractivity contribution is -0.124. The molecule has 1 heterocycles. The van der Waals surface area contributed by atoms with E-state index in [9.17, 15) is 9.18 Å². The van der Waals surface area contributed by atoms with Crippen LogP contribution in [0.25, 0.3) is 0 Å². The molecular formula is C13H15FN2O. The zero-order chi connectivity index (χ0) is 12.0. The molecule has 0 radical (unpaired) electrons. The van der Waals surface area contributed by atoms with Gasteiger partial charge >= 0.3 is 0 Å². The number of benzene rings is 1. The van der Waals surface area contributed by atoms with E-state index >= 15 is 0 Å². The fraction of sp³-hybridized carbons (Fsp3) is 0.462. The maximum absolute atomic E-state index is 13.3. The number of anilines is 2. The Morgan fingerprint density at radius 3 is 2.82 bits per heavy atom. The first-order valence-corrected chi connectivity index (χ1v) is 6.06. The summed E-state index contributed by atoms with van der Waals surface area (Å²) in [5.41, 5.74) is 1.11. The first-order valence-electron chi connectivity index (χ1n) is 6.06. The number of amides is 1. The van der Waals surface area contributed by atoms with E-state index in [0.717, 1.165) is 37.2 Å². The molecule has 1 amide bonds.